The van der Waals surface area contributed by atoms with Crippen LogP contribution in [-0.2, 0) is 4.74 Å². The molecule has 1 atom stereocenters. The Labute approximate surface area is 117 Å². The van der Waals surface area contributed by atoms with Crippen molar-refractivity contribution in [1.82, 2.24) is 0 Å². The van der Waals surface area contributed by atoms with Gasteiger partial charge in [-0.2, -0.15) is 0 Å². The van der Waals surface area contributed by atoms with Gasteiger partial charge in [0.25, 0.3) is 0 Å². The number of halogens is 2. The second-order valence-electron chi connectivity index (χ2n) is 3.54. The van der Waals surface area contributed by atoms with Crippen LogP contribution in [0.2, 0.25) is 0 Å². The first-order valence-electron chi connectivity index (χ1n) is 5.06. The number of hydrogen-bond acceptors (Lipinski definition) is 3. The SMILES string of the molecule is O=C(/C=C1/OC(CCl)CS1)c1ccc(Br)cc1. The number of rotatable bonds is 3. The molecule has 17 heavy (non-hydrogen) atoms. The van der Waals surface area contributed by atoms with Gasteiger partial charge in [0.2, 0.25) is 0 Å². The molecule has 1 saturated heterocycles. The lowest BCUT2D eigenvalue weighted by Crippen LogP contribution is -2.09. The molecule has 0 aliphatic carbocycles. The van der Waals surface area contributed by atoms with Crippen LogP contribution in [0.5, 0.6) is 0 Å². The third kappa shape index (κ3) is 3.50. The summed E-state index contributed by atoms with van der Waals surface area (Å²) < 4.78 is 6.44. The van der Waals surface area contributed by atoms with Crippen molar-refractivity contribution in [3.8, 4) is 0 Å². The van der Waals surface area contributed by atoms with E-state index in [2.05, 4.69) is 15.9 Å². The van der Waals surface area contributed by atoms with E-state index in [-0.39, 0.29) is 11.9 Å². The van der Waals surface area contributed by atoms with Gasteiger partial charge in [0, 0.05) is 21.9 Å². The lowest BCUT2D eigenvalue weighted by molar-refractivity contribution is 0.103. The maximum Gasteiger partial charge on any atom is 0.190 e. The summed E-state index contributed by atoms with van der Waals surface area (Å²) in [5.74, 6) is 1.22. The molecule has 0 aromatic heterocycles. The lowest BCUT2D eigenvalue weighted by Gasteiger charge is -2.03. The van der Waals surface area contributed by atoms with Crippen LogP contribution >= 0.6 is 39.3 Å². The first-order valence-corrected chi connectivity index (χ1v) is 7.37. The van der Waals surface area contributed by atoms with E-state index in [0.717, 1.165) is 10.2 Å². The topological polar surface area (TPSA) is 26.3 Å². The van der Waals surface area contributed by atoms with Crippen molar-refractivity contribution < 1.29 is 9.53 Å². The fourth-order valence-corrected chi connectivity index (χ4v) is 2.86. The third-order valence-corrected chi connectivity index (χ3v) is 4.15. The minimum absolute atomic E-state index is 0.0191. The Morgan fingerprint density at radius 2 is 2.24 bits per heavy atom. The van der Waals surface area contributed by atoms with Crippen molar-refractivity contribution >= 4 is 45.1 Å². The lowest BCUT2D eigenvalue weighted by atomic mass is 10.1. The molecule has 0 radical (unpaired) electrons. The number of allylic oxidation sites excluding steroid dienone is 1. The average molecular weight is 334 g/mol. The molecule has 1 aliphatic rings. The summed E-state index contributed by atoms with van der Waals surface area (Å²) in [4.78, 5) is 11.9. The van der Waals surface area contributed by atoms with Crippen molar-refractivity contribution in [1.29, 1.82) is 0 Å². The van der Waals surface area contributed by atoms with Crippen molar-refractivity contribution in [3.05, 3.63) is 45.5 Å². The molecule has 0 amide bonds. The van der Waals surface area contributed by atoms with Crippen LogP contribution in [0.3, 0.4) is 0 Å². The van der Waals surface area contributed by atoms with Gasteiger partial charge in [-0.1, -0.05) is 27.7 Å². The number of hydrogen-bond donors (Lipinski definition) is 0. The number of carbonyl (C=O) groups is 1. The second-order valence-corrected chi connectivity index (χ2v) is 5.79. The Morgan fingerprint density at radius 1 is 1.53 bits per heavy atom. The van der Waals surface area contributed by atoms with E-state index in [1.54, 1.807) is 12.1 Å². The Balaban J connectivity index is 2.06. The second kappa shape index (κ2) is 5.94. The van der Waals surface area contributed by atoms with E-state index in [0.29, 0.717) is 16.5 Å². The molecule has 1 heterocycles. The highest BCUT2D eigenvalue weighted by Gasteiger charge is 2.21. The monoisotopic (exact) mass is 332 g/mol. The molecular formula is C12H10BrClO2S. The number of ether oxygens (including phenoxy) is 1. The molecule has 1 aliphatic heterocycles. The van der Waals surface area contributed by atoms with Gasteiger partial charge in [-0.05, 0) is 24.3 Å². The number of benzene rings is 1. The molecule has 0 spiro atoms. The summed E-state index contributed by atoms with van der Waals surface area (Å²) in [6, 6.07) is 7.25. The molecule has 0 bridgehead atoms. The third-order valence-electron chi connectivity index (χ3n) is 2.24. The van der Waals surface area contributed by atoms with E-state index in [9.17, 15) is 4.79 Å². The predicted molar refractivity (Wildman–Crippen MR) is 74.6 cm³/mol. The summed E-state index contributed by atoms with van der Waals surface area (Å²) in [5, 5.41) is 0.656. The van der Waals surface area contributed by atoms with Crippen molar-refractivity contribution in [2.45, 2.75) is 6.10 Å². The van der Waals surface area contributed by atoms with Gasteiger partial charge in [-0.25, -0.2) is 0 Å². The quantitative estimate of drug-likeness (QED) is 0.477. The average Bonchev–Trinajstić information content (AvgIpc) is 2.77. The number of alkyl halides is 1. The molecule has 1 unspecified atom stereocenters. The first kappa shape index (κ1) is 13.0. The molecule has 90 valence electrons. The summed E-state index contributed by atoms with van der Waals surface area (Å²) >= 11 is 10.5. The number of carbonyl (C=O) groups excluding carboxylic acids is 1. The highest BCUT2D eigenvalue weighted by Crippen LogP contribution is 2.29. The highest BCUT2D eigenvalue weighted by molar-refractivity contribution is 9.10. The largest absolute Gasteiger partial charge is 0.482 e. The fourth-order valence-electron chi connectivity index (χ4n) is 1.36. The predicted octanol–water partition coefficient (Wildman–Crippen LogP) is 3.84. The molecular weight excluding hydrogens is 324 g/mol. The zero-order valence-corrected chi connectivity index (χ0v) is 12.0. The Bertz CT molecular complexity index is 444. The van der Waals surface area contributed by atoms with E-state index < -0.39 is 0 Å². The normalized spacial score (nSPS) is 21.5. The maximum absolute atomic E-state index is 11.9. The summed E-state index contributed by atoms with van der Waals surface area (Å²) in [7, 11) is 0. The van der Waals surface area contributed by atoms with Crippen LogP contribution in [0.25, 0.3) is 0 Å². The zero-order valence-electron chi connectivity index (χ0n) is 8.86. The Kier molecular flexibility index (Phi) is 4.54. The molecule has 0 N–H and O–H groups in total. The van der Waals surface area contributed by atoms with Gasteiger partial charge in [0.1, 0.15) is 6.10 Å². The van der Waals surface area contributed by atoms with Crippen LogP contribution in [0.15, 0.2) is 39.9 Å². The smallest absolute Gasteiger partial charge is 0.190 e. The molecule has 0 saturated carbocycles. The van der Waals surface area contributed by atoms with Gasteiger partial charge in [-0.15, -0.1) is 11.6 Å². The summed E-state index contributed by atoms with van der Waals surface area (Å²) in [5.41, 5.74) is 0.652. The molecule has 1 aromatic rings. The van der Waals surface area contributed by atoms with Crippen LogP contribution in [0, 0.1) is 0 Å². The van der Waals surface area contributed by atoms with E-state index >= 15 is 0 Å². The highest BCUT2D eigenvalue weighted by atomic mass is 79.9. The summed E-state index contributed by atoms with van der Waals surface area (Å²) in [6.07, 6.45) is 1.55. The van der Waals surface area contributed by atoms with Gasteiger partial charge in [0.15, 0.2) is 10.9 Å². The molecule has 1 aromatic carbocycles. The van der Waals surface area contributed by atoms with Crippen LogP contribution in [0.1, 0.15) is 10.4 Å². The molecule has 1 fully saturated rings. The van der Waals surface area contributed by atoms with Crippen LogP contribution in [-0.4, -0.2) is 23.5 Å². The molecule has 2 rings (SSSR count). The van der Waals surface area contributed by atoms with Gasteiger partial charge < -0.3 is 4.74 Å². The Hall–Kier alpha value is -0.450. The maximum atomic E-state index is 11.9. The standard InChI is InChI=1S/C12H10BrClO2S/c13-9-3-1-8(2-4-9)11(15)5-12-16-10(6-14)7-17-12/h1-5,10H,6-7H2/b12-5-. The first-order chi connectivity index (χ1) is 8.19. The minimum atomic E-state index is -0.0461. The van der Waals surface area contributed by atoms with Crippen molar-refractivity contribution in [3.63, 3.8) is 0 Å². The van der Waals surface area contributed by atoms with E-state index in [1.807, 2.05) is 12.1 Å². The number of ketones is 1. The van der Waals surface area contributed by atoms with Crippen molar-refractivity contribution in [2.75, 3.05) is 11.6 Å². The molecule has 2 nitrogen and oxygen atoms in total. The van der Waals surface area contributed by atoms with E-state index in [1.165, 1.54) is 17.8 Å². The molecule has 5 heteroatoms. The Morgan fingerprint density at radius 3 is 2.82 bits per heavy atom. The van der Waals surface area contributed by atoms with Crippen LogP contribution in [0.4, 0.5) is 0 Å². The minimum Gasteiger partial charge on any atom is -0.482 e. The van der Waals surface area contributed by atoms with Crippen LogP contribution < -0.4 is 0 Å². The van der Waals surface area contributed by atoms with Gasteiger partial charge in [0.05, 0.1) is 5.88 Å². The van der Waals surface area contributed by atoms with Gasteiger partial charge in [-0.3, -0.25) is 4.79 Å². The summed E-state index contributed by atoms with van der Waals surface area (Å²) in [6.45, 7) is 0. The fraction of sp³-hybridized carbons (Fsp3) is 0.250. The number of thioether (sulfide) groups is 1. The van der Waals surface area contributed by atoms with Crippen molar-refractivity contribution in [2.24, 2.45) is 0 Å². The zero-order chi connectivity index (χ0) is 12.3. The van der Waals surface area contributed by atoms with Gasteiger partial charge >= 0.3 is 0 Å². The van der Waals surface area contributed by atoms with E-state index in [4.69, 9.17) is 16.3 Å².